The zero-order valence-corrected chi connectivity index (χ0v) is 13.4. The second-order valence-electron chi connectivity index (χ2n) is 4.04. The van der Waals surface area contributed by atoms with E-state index in [4.69, 9.17) is 23.8 Å². The van der Waals surface area contributed by atoms with Crippen molar-refractivity contribution < 1.29 is 0 Å². The van der Waals surface area contributed by atoms with Crippen LogP contribution in [0.25, 0.3) is 0 Å². The van der Waals surface area contributed by atoms with Crippen molar-refractivity contribution >= 4 is 46.4 Å². The Hall–Kier alpha value is -1.23. The van der Waals surface area contributed by atoms with Gasteiger partial charge in [0.25, 0.3) is 0 Å². The molecule has 0 unspecified atom stereocenters. The maximum absolute atomic E-state index is 5.90. The lowest BCUT2D eigenvalue weighted by atomic mass is 10.3. The SMILES string of the molecule is CCNC(=S)Nc1ccccc1Sc1ccc(Cl)cc1. The third-order valence-corrected chi connectivity index (χ3v) is 4.10. The second kappa shape index (κ2) is 7.53. The van der Waals surface area contributed by atoms with E-state index in [1.807, 2.05) is 49.4 Å². The van der Waals surface area contributed by atoms with E-state index < -0.39 is 0 Å². The zero-order valence-electron chi connectivity index (χ0n) is 11.0. The van der Waals surface area contributed by atoms with Crippen molar-refractivity contribution in [1.29, 1.82) is 0 Å². The fourth-order valence-electron chi connectivity index (χ4n) is 1.62. The average molecular weight is 323 g/mol. The number of thiocarbonyl (C=S) groups is 1. The summed E-state index contributed by atoms with van der Waals surface area (Å²) in [5.74, 6) is 0. The minimum atomic E-state index is 0.636. The highest BCUT2D eigenvalue weighted by Gasteiger charge is 2.05. The first-order chi connectivity index (χ1) is 9.69. The molecule has 2 nitrogen and oxygen atoms in total. The molecule has 0 aliphatic heterocycles. The Morgan fingerprint density at radius 3 is 2.55 bits per heavy atom. The number of nitrogens with one attached hydrogen (secondary N) is 2. The summed E-state index contributed by atoms with van der Waals surface area (Å²) in [4.78, 5) is 2.26. The number of hydrogen-bond acceptors (Lipinski definition) is 2. The van der Waals surface area contributed by atoms with Gasteiger partial charge in [0.15, 0.2) is 5.11 Å². The molecule has 0 aromatic heterocycles. The molecule has 0 bridgehead atoms. The predicted octanol–water partition coefficient (Wildman–Crippen LogP) is 4.80. The van der Waals surface area contributed by atoms with Gasteiger partial charge in [-0.25, -0.2) is 0 Å². The highest BCUT2D eigenvalue weighted by atomic mass is 35.5. The van der Waals surface area contributed by atoms with Crippen LogP contribution in [0.2, 0.25) is 5.02 Å². The average Bonchev–Trinajstić information content (AvgIpc) is 2.44. The molecule has 0 aliphatic carbocycles. The van der Waals surface area contributed by atoms with Crippen LogP contribution in [0.1, 0.15) is 6.92 Å². The summed E-state index contributed by atoms with van der Waals surface area (Å²) in [5, 5.41) is 7.68. The largest absolute Gasteiger partial charge is 0.363 e. The first kappa shape index (κ1) is 15.2. The van der Waals surface area contributed by atoms with Crippen molar-refractivity contribution in [3.63, 3.8) is 0 Å². The quantitative estimate of drug-likeness (QED) is 0.790. The molecule has 0 radical (unpaired) electrons. The standard InChI is InChI=1S/C15H15ClN2S2/c1-2-17-15(19)18-13-5-3-4-6-14(13)20-12-9-7-11(16)8-10-12/h3-10H,2H2,1H3,(H2,17,18,19). The number of anilines is 1. The van der Waals surface area contributed by atoms with E-state index in [2.05, 4.69) is 16.7 Å². The lowest BCUT2D eigenvalue weighted by molar-refractivity contribution is 0.979. The predicted molar refractivity (Wildman–Crippen MR) is 91.9 cm³/mol. The summed E-state index contributed by atoms with van der Waals surface area (Å²) >= 11 is 12.8. The molecule has 2 aromatic carbocycles. The molecule has 0 amide bonds. The highest BCUT2D eigenvalue weighted by Crippen LogP contribution is 2.33. The summed E-state index contributed by atoms with van der Waals surface area (Å²) < 4.78 is 0. The van der Waals surface area contributed by atoms with E-state index in [1.54, 1.807) is 11.8 Å². The number of para-hydroxylation sites is 1. The van der Waals surface area contributed by atoms with Crippen LogP contribution in [-0.2, 0) is 0 Å². The molecule has 0 spiro atoms. The highest BCUT2D eigenvalue weighted by molar-refractivity contribution is 7.99. The Morgan fingerprint density at radius 1 is 1.15 bits per heavy atom. The van der Waals surface area contributed by atoms with Gasteiger partial charge in [0, 0.05) is 21.4 Å². The lowest BCUT2D eigenvalue weighted by Crippen LogP contribution is -2.28. The van der Waals surface area contributed by atoms with E-state index >= 15 is 0 Å². The van der Waals surface area contributed by atoms with Crippen LogP contribution >= 0.6 is 35.6 Å². The summed E-state index contributed by atoms with van der Waals surface area (Å²) in [7, 11) is 0. The zero-order chi connectivity index (χ0) is 14.4. The number of halogens is 1. The molecule has 0 aliphatic rings. The third kappa shape index (κ3) is 4.40. The minimum Gasteiger partial charge on any atom is -0.363 e. The lowest BCUT2D eigenvalue weighted by Gasteiger charge is -2.13. The van der Waals surface area contributed by atoms with Crippen molar-refractivity contribution in [1.82, 2.24) is 5.32 Å². The maximum Gasteiger partial charge on any atom is 0.170 e. The van der Waals surface area contributed by atoms with Crippen LogP contribution in [0.5, 0.6) is 0 Å². The summed E-state index contributed by atoms with van der Waals surface area (Å²) in [6, 6.07) is 15.9. The number of hydrogen-bond donors (Lipinski definition) is 2. The van der Waals surface area contributed by atoms with Crippen LogP contribution in [0, 0.1) is 0 Å². The molecule has 2 aromatic rings. The Kier molecular flexibility index (Phi) is 5.71. The molecule has 104 valence electrons. The molecule has 0 atom stereocenters. The number of rotatable bonds is 4. The fourth-order valence-corrected chi connectivity index (χ4v) is 2.90. The molecule has 5 heteroatoms. The van der Waals surface area contributed by atoms with Crippen LogP contribution in [0.3, 0.4) is 0 Å². The van der Waals surface area contributed by atoms with E-state index in [-0.39, 0.29) is 0 Å². The van der Waals surface area contributed by atoms with Crippen molar-refractivity contribution in [2.24, 2.45) is 0 Å². The van der Waals surface area contributed by atoms with Gasteiger partial charge in [-0.1, -0.05) is 35.5 Å². The van der Waals surface area contributed by atoms with Crippen molar-refractivity contribution in [3.05, 3.63) is 53.6 Å². The van der Waals surface area contributed by atoms with Crippen LogP contribution in [0.4, 0.5) is 5.69 Å². The molecule has 20 heavy (non-hydrogen) atoms. The molecule has 0 saturated heterocycles. The van der Waals surface area contributed by atoms with E-state index in [0.29, 0.717) is 5.11 Å². The molecular weight excluding hydrogens is 308 g/mol. The topological polar surface area (TPSA) is 24.1 Å². The van der Waals surface area contributed by atoms with E-state index in [0.717, 1.165) is 27.0 Å². The van der Waals surface area contributed by atoms with Crippen LogP contribution in [0.15, 0.2) is 58.3 Å². The van der Waals surface area contributed by atoms with Crippen molar-refractivity contribution in [3.8, 4) is 0 Å². The Bertz CT molecular complexity index is 585. The normalized spacial score (nSPS) is 10.1. The molecule has 0 heterocycles. The number of benzene rings is 2. The monoisotopic (exact) mass is 322 g/mol. The van der Waals surface area contributed by atoms with Crippen molar-refractivity contribution in [2.75, 3.05) is 11.9 Å². The summed E-state index contributed by atoms with van der Waals surface area (Å²) in [5.41, 5.74) is 0.999. The fraction of sp³-hybridized carbons (Fsp3) is 0.133. The molecule has 2 rings (SSSR count). The van der Waals surface area contributed by atoms with Gasteiger partial charge in [-0.3, -0.25) is 0 Å². The third-order valence-electron chi connectivity index (χ3n) is 2.51. The molecule has 0 fully saturated rings. The Labute approximate surface area is 133 Å². The Balaban J connectivity index is 2.15. The first-order valence-electron chi connectivity index (χ1n) is 6.26. The van der Waals surface area contributed by atoms with Gasteiger partial charge >= 0.3 is 0 Å². The van der Waals surface area contributed by atoms with E-state index in [1.165, 1.54) is 0 Å². The van der Waals surface area contributed by atoms with Crippen molar-refractivity contribution in [2.45, 2.75) is 16.7 Å². The van der Waals surface area contributed by atoms with E-state index in [9.17, 15) is 0 Å². The van der Waals surface area contributed by atoms with Gasteiger partial charge in [-0.05, 0) is 55.5 Å². The van der Waals surface area contributed by atoms with Gasteiger partial charge in [-0.15, -0.1) is 0 Å². The summed E-state index contributed by atoms with van der Waals surface area (Å²) in [6.45, 7) is 2.82. The maximum atomic E-state index is 5.90. The summed E-state index contributed by atoms with van der Waals surface area (Å²) in [6.07, 6.45) is 0. The first-order valence-corrected chi connectivity index (χ1v) is 7.86. The molecular formula is C15H15ClN2S2. The van der Waals surface area contributed by atoms with Gasteiger partial charge < -0.3 is 10.6 Å². The van der Waals surface area contributed by atoms with Crippen LogP contribution in [-0.4, -0.2) is 11.7 Å². The van der Waals surface area contributed by atoms with Gasteiger partial charge in [0.2, 0.25) is 0 Å². The smallest absolute Gasteiger partial charge is 0.170 e. The minimum absolute atomic E-state index is 0.636. The Morgan fingerprint density at radius 2 is 1.85 bits per heavy atom. The van der Waals surface area contributed by atoms with Gasteiger partial charge in [0.1, 0.15) is 0 Å². The molecule has 2 N–H and O–H groups in total. The van der Waals surface area contributed by atoms with Gasteiger partial charge in [0.05, 0.1) is 5.69 Å². The second-order valence-corrected chi connectivity index (χ2v) is 6.00. The molecule has 0 saturated carbocycles. The van der Waals surface area contributed by atoms with Gasteiger partial charge in [-0.2, -0.15) is 0 Å². The van der Waals surface area contributed by atoms with Crippen LogP contribution < -0.4 is 10.6 Å².